The Morgan fingerprint density at radius 1 is 1.09 bits per heavy atom. The van der Waals surface area contributed by atoms with Crippen molar-refractivity contribution in [1.82, 2.24) is 5.32 Å². The molecule has 1 amide bonds. The molecular weight excluding hydrogens is 312 g/mol. The van der Waals surface area contributed by atoms with Crippen LogP contribution in [-0.2, 0) is 11.3 Å². The molecule has 0 radical (unpaired) electrons. The Morgan fingerprint density at radius 3 is 2.52 bits per heavy atom. The van der Waals surface area contributed by atoms with Gasteiger partial charge in [0, 0.05) is 35.8 Å². The molecule has 0 aromatic heterocycles. The van der Waals surface area contributed by atoms with Crippen LogP contribution in [0.25, 0.3) is 0 Å². The van der Waals surface area contributed by atoms with Gasteiger partial charge in [0.1, 0.15) is 0 Å². The van der Waals surface area contributed by atoms with Crippen LogP contribution >= 0.6 is 11.6 Å². The van der Waals surface area contributed by atoms with Gasteiger partial charge in [0.15, 0.2) is 5.78 Å². The first kappa shape index (κ1) is 17.0. The summed E-state index contributed by atoms with van der Waals surface area (Å²) in [5.74, 6) is -0.00969. The van der Waals surface area contributed by atoms with E-state index in [0.717, 1.165) is 11.3 Å². The average Bonchev–Trinajstić information content (AvgIpc) is 2.54. The third-order valence-electron chi connectivity index (χ3n) is 3.35. The number of hydrogen-bond donors (Lipinski definition) is 2. The van der Waals surface area contributed by atoms with Crippen molar-refractivity contribution >= 4 is 29.0 Å². The van der Waals surface area contributed by atoms with Gasteiger partial charge in [-0.3, -0.25) is 9.59 Å². The molecular formula is C18H19ClN2O2. The maximum absolute atomic E-state index is 11.8. The highest BCUT2D eigenvalue weighted by Crippen LogP contribution is 2.11. The summed E-state index contributed by atoms with van der Waals surface area (Å²) < 4.78 is 0. The smallest absolute Gasteiger partial charge is 0.222 e. The van der Waals surface area contributed by atoms with Crippen molar-refractivity contribution in [3.8, 4) is 0 Å². The molecule has 0 aliphatic carbocycles. The molecule has 23 heavy (non-hydrogen) atoms. The quantitative estimate of drug-likeness (QED) is 0.762. The van der Waals surface area contributed by atoms with E-state index in [9.17, 15) is 9.59 Å². The summed E-state index contributed by atoms with van der Waals surface area (Å²) in [6.45, 7) is 2.52. The van der Waals surface area contributed by atoms with Crippen LogP contribution in [0.1, 0.15) is 29.3 Å². The van der Waals surface area contributed by atoms with Crippen LogP contribution in [0, 0.1) is 0 Å². The van der Waals surface area contributed by atoms with E-state index < -0.39 is 0 Å². The first-order valence-electron chi connectivity index (χ1n) is 7.40. The van der Waals surface area contributed by atoms with E-state index in [0.29, 0.717) is 30.1 Å². The molecule has 0 atom stereocenters. The first-order valence-corrected chi connectivity index (χ1v) is 7.78. The minimum absolute atomic E-state index is 0.0226. The fourth-order valence-corrected chi connectivity index (χ4v) is 2.19. The van der Waals surface area contributed by atoms with Gasteiger partial charge in [-0.1, -0.05) is 35.9 Å². The number of Topliss-reactive ketones (excluding diaryl/α,β-unsaturated/α-hetero) is 1. The average molecular weight is 331 g/mol. The molecule has 2 aromatic carbocycles. The highest BCUT2D eigenvalue weighted by atomic mass is 35.5. The zero-order valence-corrected chi connectivity index (χ0v) is 13.7. The van der Waals surface area contributed by atoms with Crippen molar-refractivity contribution in [1.29, 1.82) is 0 Å². The first-order chi connectivity index (χ1) is 11.0. The Morgan fingerprint density at radius 2 is 1.83 bits per heavy atom. The summed E-state index contributed by atoms with van der Waals surface area (Å²) in [5, 5.41) is 6.68. The number of carbonyl (C=O) groups excluding carboxylic acids is 2. The van der Waals surface area contributed by atoms with E-state index in [2.05, 4.69) is 10.6 Å². The van der Waals surface area contributed by atoms with E-state index >= 15 is 0 Å². The molecule has 5 heteroatoms. The number of anilines is 1. The molecule has 0 heterocycles. The van der Waals surface area contributed by atoms with E-state index in [1.54, 1.807) is 24.3 Å². The second-order valence-corrected chi connectivity index (χ2v) is 5.65. The summed E-state index contributed by atoms with van der Waals surface area (Å²) in [5.41, 5.74) is 2.50. The van der Waals surface area contributed by atoms with Crippen molar-refractivity contribution in [2.45, 2.75) is 19.9 Å². The van der Waals surface area contributed by atoms with Crippen molar-refractivity contribution < 1.29 is 9.59 Å². The molecule has 2 N–H and O–H groups in total. The molecule has 0 aliphatic rings. The third kappa shape index (κ3) is 5.75. The number of amides is 1. The standard InChI is InChI=1S/C18H19ClN2O2/c1-13(22)15-3-2-4-17(11-15)20-10-9-18(23)21-12-14-5-7-16(19)8-6-14/h2-8,11,20H,9-10,12H2,1H3,(H,21,23). The lowest BCUT2D eigenvalue weighted by atomic mass is 10.1. The maximum Gasteiger partial charge on any atom is 0.222 e. The summed E-state index contributed by atoms with van der Waals surface area (Å²) >= 11 is 5.82. The Kier molecular flexibility index (Phi) is 6.18. The number of hydrogen-bond acceptors (Lipinski definition) is 3. The minimum Gasteiger partial charge on any atom is -0.385 e. The van der Waals surface area contributed by atoms with Gasteiger partial charge in [0.2, 0.25) is 5.91 Å². The highest BCUT2D eigenvalue weighted by Gasteiger charge is 2.03. The molecule has 2 rings (SSSR count). The van der Waals surface area contributed by atoms with Crippen LogP contribution in [0.4, 0.5) is 5.69 Å². The van der Waals surface area contributed by atoms with Crippen LogP contribution in [0.15, 0.2) is 48.5 Å². The summed E-state index contributed by atoms with van der Waals surface area (Å²) in [6.07, 6.45) is 0.359. The van der Waals surface area contributed by atoms with Crippen LogP contribution < -0.4 is 10.6 Å². The van der Waals surface area contributed by atoms with Crippen LogP contribution in [0.5, 0.6) is 0 Å². The summed E-state index contributed by atoms with van der Waals surface area (Å²) in [4.78, 5) is 23.1. The van der Waals surface area contributed by atoms with Gasteiger partial charge >= 0.3 is 0 Å². The number of halogens is 1. The summed E-state index contributed by atoms with van der Waals surface area (Å²) in [6, 6.07) is 14.6. The lowest BCUT2D eigenvalue weighted by Crippen LogP contribution is -2.24. The van der Waals surface area contributed by atoms with Crippen LogP contribution in [-0.4, -0.2) is 18.2 Å². The fourth-order valence-electron chi connectivity index (χ4n) is 2.06. The normalized spacial score (nSPS) is 10.2. The number of benzene rings is 2. The second kappa shape index (κ2) is 8.34. The number of ketones is 1. The lowest BCUT2D eigenvalue weighted by molar-refractivity contribution is -0.121. The molecule has 0 unspecified atom stereocenters. The molecule has 0 saturated carbocycles. The van der Waals surface area contributed by atoms with Crippen LogP contribution in [0.3, 0.4) is 0 Å². The predicted octanol–water partition coefficient (Wildman–Crippen LogP) is 3.66. The number of nitrogens with one attached hydrogen (secondary N) is 2. The van der Waals surface area contributed by atoms with E-state index in [1.807, 2.05) is 24.3 Å². The largest absolute Gasteiger partial charge is 0.385 e. The number of carbonyl (C=O) groups is 2. The van der Waals surface area contributed by atoms with Gasteiger partial charge in [0.25, 0.3) is 0 Å². The molecule has 4 nitrogen and oxygen atoms in total. The molecule has 0 fully saturated rings. The third-order valence-corrected chi connectivity index (χ3v) is 3.61. The topological polar surface area (TPSA) is 58.2 Å². The monoisotopic (exact) mass is 330 g/mol. The maximum atomic E-state index is 11.8. The van der Waals surface area contributed by atoms with Crippen molar-refractivity contribution in [3.05, 3.63) is 64.7 Å². The van der Waals surface area contributed by atoms with Gasteiger partial charge in [-0.05, 0) is 36.8 Å². The van der Waals surface area contributed by atoms with Gasteiger partial charge in [-0.15, -0.1) is 0 Å². The SMILES string of the molecule is CC(=O)c1cccc(NCCC(=O)NCc2ccc(Cl)cc2)c1. The Bertz CT molecular complexity index is 684. The predicted molar refractivity (Wildman–Crippen MR) is 92.9 cm³/mol. The van der Waals surface area contributed by atoms with Crippen molar-refractivity contribution in [3.63, 3.8) is 0 Å². The van der Waals surface area contributed by atoms with Crippen LogP contribution in [0.2, 0.25) is 5.02 Å². The second-order valence-electron chi connectivity index (χ2n) is 5.22. The molecule has 0 saturated heterocycles. The Balaban J connectivity index is 1.73. The minimum atomic E-state index is -0.0322. The Labute approximate surface area is 140 Å². The lowest BCUT2D eigenvalue weighted by Gasteiger charge is -2.08. The van der Waals surface area contributed by atoms with Gasteiger partial charge in [0.05, 0.1) is 0 Å². The molecule has 0 bridgehead atoms. The number of rotatable bonds is 7. The van der Waals surface area contributed by atoms with E-state index in [1.165, 1.54) is 6.92 Å². The zero-order chi connectivity index (χ0) is 16.7. The van der Waals surface area contributed by atoms with E-state index in [-0.39, 0.29) is 11.7 Å². The highest BCUT2D eigenvalue weighted by molar-refractivity contribution is 6.30. The molecule has 2 aromatic rings. The van der Waals surface area contributed by atoms with Crippen molar-refractivity contribution in [2.24, 2.45) is 0 Å². The molecule has 0 spiro atoms. The van der Waals surface area contributed by atoms with Gasteiger partial charge in [-0.25, -0.2) is 0 Å². The molecule has 0 aliphatic heterocycles. The van der Waals surface area contributed by atoms with E-state index in [4.69, 9.17) is 11.6 Å². The summed E-state index contributed by atoms with van der Waals surface area (Å²) in [7, 11) is 0. The molecule has 120 valence electrons. The fraction of sp³-hybridized carbons (Fsp3) is 0.222. The van der Waals surface area contributed by atoms with Gasteiger partial charge < -0.3 is 10.6 Å². The Hall–Kier alpha value is -2.33. The van der Waals surface area contributed by atoms with Crippen molar-refractivity contribution in [2.75, 3.05) is 11.9 Å². The zero-order valence-electron chi connectivity index (χ0n) is 12.9. The van der Waals surface area contributed by atoms with Gasteiger partial charge in [-0.2, -0.15) is 0 Å².